The molecule has 0 bridgehead atoms. The fraction of sp³-hybridized carbons (Fsp3) is 0.833. The van der Waals surface area contributed by atoms with Gasteiger partial charge in [-0.05, 0) is 25.7 Å². The predicted molar refractivity (Wildman–Crippen MR) is 73.1 cm³/mol. The summed E-state index contributed by atoms with van der Waals surface area (Å²) in [4.78, 5) is 22.8. The predicted octanol–water partition coefficient (Wildman–Crippen LogP) is -0.841. The van der Waals surface area contributed by atoms with Crippen LogP contribution in [0.2, 0.25) is 0 Å². The Balaban J connectivity index is 1.79. The first-order valence-corrected chi connectivity index (χ1v) is 8.76. The topological polar surface area (TPSA) is 113 Å². The molecule has 2 aliphatic rings. The van der Waals surface area contributed by atoms with Crippen molar-refractivity contribution in [1.82, 2.24) is 9.62 Å². The number of sulfonamides is 1. The Hall–Kier alpha value is -1.19. The van der Waals surface area contributed by atoms with Gasteiger partial charge in [0.15, 0.2) is 6.10 Å². The molecule has 0 aromatic rings. The monoisotopic (exact) mass is 320 g/mol. The van der Waals surface area contributed by atoms with Gasteiger partial charge in [-0.25, -0.2) is 17.5 Å². The summed E-state index contributed by atoms with van der Waals surface area (Å²) in [6, 6.07) is -0.0945. The van der Waals surface area contributed by atoms with Crippen LogP contribution in [0.15, 0.2) is 0 Å². The van der Waals surface area contributed by atoms with Crippen LogP contribution in [0.4, 0.5) is 0 Å². The summed E-state index contributed by atoms with van der Waals surface area (Å²) in [7, 11) is -3.18. The van der Waals surface area contributed by atoms with E-state index in [1.807, 2.05) is 0 Å². The number of ether oxygens (including phenoxy) is 1. The zero-order valence-electron chi connectivity index (χ0n) is 11.8. The molecule has 0 aromatic carbocycles. The van der Waals surface area contributed by atoms with Crippen molar-refractivity contribution in [1.29, 1.82) is 0 Å². The zero-order chi connectivity index (χ0) is 15.6. The SMILES string of the molecule is CS(=O)(=O)N1CCC(NC(=O)C2CCC(C(=O)O)O2)CC1. The van der Waals surface area contributed by atoms with Crippen LogP contribution >= 0.6 is 0 Å². The van der Waals surface area contributed by atoms with E-state index in [0.29, 0.717) is 38.8 Å². The molecule has 0 aliphatic carbocycles. The van der Waals surface area contributed by atoms with E-state index in [0.717, 1.165) is 0 Å². The molecule has 1 amide bonds. The smallest absolute Gasteiger partial charge is 0.332 e. The van der Waals surface area contributed by atoms with Crippen molar-refractivity contribution in [2.75, 3.05) is 19.3 Å². The molecular weight excluding hydrogens is 300 g/mol. The van der Waals surface area contributed by atoms with Crippen molar-refractivity contribution in [3.05, 3.63) is 0 Å². The van der Waals surface area contributed by atoms with Gasteiger partial charge in [-0.15, -0.1) is 0 Å². The molecule has 2 heterocycles. The number of hydrogen-bond donors (Lipinski definition) is 2. The highest BCUT2D eigenvalue weighted by molar-refractivity contribution is 7.88. The Morgan fingerprint density at radius 1 is 1.14 bits per heavy atom. The minimum Gasteiger partial charge on any atom is -0.479 e. The van der Waals surface area contributed by atoms with E-state index in [9.17, 15) is 18.0 Å². The number of carbonyl (C=O) groups excluding carboxylic acids is 1. The lowest BCUT2D eigenvalue weighted by Crippen LogP contribution is -2.48. The minimum absolute atomic E-state index is 0.0945. The van der Waals surface area contributed by atoms with Gasteiger partial charge in [0.05, 0.1) is 6.26 Å². The van der Waals surface area contributed by atoms with Crippen LogP contribution in [0.1, 0.15) is 25.7 Å². The molecule has 0 spiro atoms. The van der Waals surface area contributed by atoms with Crippen molar-refractivity contribution in [3.8, 4) is 0 Å². The summed E-state index contributed by atoms with van der Waals surface area (Å²) in [5.74, 6) is -1.36. The Labute approximate surface area is 123 Å². The first-order chi connectivity index (χ1) is 9.77. The second-order valence-corrected chi connectivity index (χ2v) is 7.46. The number of carboxylic acid groups (broad SMARTS) is 1. The molecular formula is C12H20N2O6S. The van der Waals surface area contributed by atoms with Gasteiger partial charge in [-0.2, -0.15) is 0 Å². The number of carboxylic acids is 1. The lowest BCUT2D eigenvalue weighted by atomic mass is 10.1. The standard InChI is InChI=1S/C12H20N2O6S/c1-21(18,19)14-6-4-8(5-7-14)13-11(15)9-2-3-10(20-9)12(16)17/h8-10H,2-7H2,1H3,(H,13,15)(H,16,17). The second-order valence-electron chi connectivity index (χ2n) is 5.47. The van der Waals surface area contributed by atoms with Crippen LogP contribution in [-0.4, -0.2) is 67.3 Å². The average molecular weight is 320 g/mol. The summed E-state index contributed by atoms with van der Waals surface area (Å²) in [5, 5.41) is 11.6. The third-order valence-corrected chi connectivity index (χ3v) is 5.16. The highest BCUT2D eigenvalue weighted by Crippen LogP contribution is 2.21. The Morgan fingerprint density at radius 3 is 2.19 bits per heavy atom. The van der Waals surface area contributed by atoms with E-state index in [1.165, 1.54) is 10.6 Å². The van der Waals surface area contributed by atoms with E-state index >= 15 is 0 Å². The maximum Gasteiger partial charge on any atom is 0.332 e. The maximum absolute atomic E-state index is 12.0. The number of carbonyl (C=O) groups is 2. The molecule has 0 aromatic heterocycles. The van der Waals surface area contributed by atoms with Gasteiger partial charge >= 0.3 is 5.97 Å². The molecule has 2 aliphatic heterocycles. The molecule has 2 fully saturated rings. The average Bonchev–Trinajstić information content (AvgIpc) is 2.88. The highest BCUT2D eigenvalue weighted by Gasteiger charge is 2.36. The molecule has 0 saturated carbocycles. The summed E-state index contributed by atoms with van der Waals surface area (Å²) in [6.07, 6.45) is 1.36. The molecule has 2 rings (SSSR count). The van der Waals surface area contributed by atoms with Crippen LogP contribution in [0, 0.1) is 0 Å². The zero-order valence-corrected chi connectivity index (χ0v) is 12.6. The number of hydrogen-bond acceptors (Lipinski definition) is 5. The molecule has 120 valence electrons. The first kappa shape index (κ1) is 16.2. The third kappa shape index (κ3) is 4.14. The number of rotatable bonds is 4. The number of amides is 1. The summed E-state index contributed by atoms with van der Waals surface area (Å²) >= 11 is 0. The molecule has 0 radical (unpaired) electrons. The first-order valence-electron chi connectivity index (χ1n) is 6.91. The molecule has 21 heavy (non-hydrogen) atoms. The minimum atomic E-state index is -3.18. The Kier molecular flexibility index (Phi) is 4.84. The molecule has 2 atom stereocenters. The lowest BCUT2D eigenvalue weighted by Gasteiger charge is -2.31. The molecule has 2 saturated heterocycles. The Bertz CT molecular complexity index is 512. The number of nitrogens with one attached hydrogen (secondary N) is 1. The molecule has 2 unspecified atom stereocenters. The summed E-state index contributed by atoms with van der Waals surface area (Å²) in [6.45, 7) is 0.764. The van der Waals surface area contributed by atoms with Crippen molar-refractivity contribution in [2.24, 2.45) is 0 Å². The van der Waals surface area contributed by atoms with Crippen LogP contribution < -0.4 is 5.32 Å². The lowest BCUT2D eigenvalue weighted by molar-refractivity contribution is -0.151. The summed E-state index contributed by atoms with van der Waals surface area (Å²) in [5.41, 5.74) is 0. The second kappa shape index (κ2) is 6.29. The van der Waals surface area contributed by atoms with E-state index in [4.69, 9.17) is 9.84 Å². The van der Waals surface area contributed by atoms with E-state index < -0.39 is 28.2 Å². The number of piperidine rings is 1. The van der Waals surface area contributed by atoms with Crippen LogP contribution in [-0.2, 0) is 24.3 Å². The molecule has 8 nitrogen and oxygen atoms in total. The fourth-order valence-electron chi connectivity index (χ4n) is 2.64. The van der Waals surface area contributed by atoms with Gasteiger partial charge in [0, 0.05) is 19.1 Å². The van der Waals surface area contributed by atoms with Crippen molar-refractivity contribution >= 4 is 21.9 Å². The van der Waals surface area contributed by atoms with Crippen molar-refractivity contribution < 1.29 is 27.9 Å². The largest absolute Gasteiger partial charge is 0.479 e. The van der Waals surface area contributed by atoms with E-state index in [-0.39, 0.29) is 11.9 Å². The van der Waals surface area contributed by atoms with Crippen molar-refractivity contribution in [2.45, 2.75) is 43.9 Å². The van der Waals surface area contributed by atoms with Gasteiger partial charge in [-0.1, -0.05) is 0 Å². The van der Waals surface area contributed by atoms with Gasteiger partial charge in [0.25, 0.3) is 0 Å². The van der Waals surface area contributed by atoms with Crippen LogP contribution in [0.25, 0.3) is 0 Å². The molecule has 2 N–H and O–H groups in total. The quantitative estimate of drug-likeness (QED) is 0.698. The maximum atomic E-state index is 12.0. The fourth-order valence-corrected chi connectivity index (χ4v) is 3.51. The van der Waals surface area contributed by atoms with Gasteiger partial charge in [0.2, 0.25) is 15.9 Å². The van der Waals surface area contributed by atoms with Crippen molar-refractivity contribution in [3.63, 3.8) is 0 Å². The van der Waals surface area contributed by atoms with E-state index in [1.54, 1.807) is 0 Å². The third-order valence-electron chi connectivity index (χ3n) is 3.86. The summed E-state index contributed by atoms with van der Waals surface area (Å²) < 4.78 is 29.3. The Morgan fingerprint density at radius 2 is 1.71 bits per heavy atom. The van der Waals surface area contributed by atoms with Gasteiger partial charge in [0.1, 0.15) is 6.10 Å². The van der Waals surface area contributed by atoms with E-state index in [2.05, 4.69) is 5.32 Å². The van der Waals surface area contributed by atoms with Crippen LogP contribution in [0.5, 0.6) is 0 Å². The molecule has 9 heteroatoms. The number of nitrogens with zero attached hydrogens (tertiary/aromatic N) is 1. The number of aliphatic carboxylic acids is 1. The normalized spacial score (nSPS) is 28.4. The highest BCUT2D eigenvalue weighted by atomic mass is 32.2. The van der Waals surface area contributed by atoms with Gasteiger partial charge in [-0.3, -0.25) is 4.79 Å². The van der Waals surface area contributed by atoms with Gasteiger partial charge < -0.3 is 15.2 Å². The van der Waals surface area contributed by atoms with Crippen LogP contribution in [0.3, 0.4) is 0 Å².